The molecular formula is C31H36N2O9. The van der Waals surface area contributed by atoms with Crippen LogP contribution in [0, 0.1) is 0 Å². The lowest BCUT2D eigenvalue weighted by molar-refractivity contribution is -0.127. The van der Waals surface area contributed by atoms with Gasteiger partial charge < -0.3 is 35.5 Å². The number of carbonyl (C=O) groups is 4. The highest BCUT2D eigenvalue weighted by molar-refractivity contribution is 5.98. The third-order valence-corrected chi connectivity index (χ3v) is 7.39. The number of cyclic esters (lactones) is 1. The molecule has 2 aromatic carbocycles. The number of esters is 1. The fourth-order valence-electron chi connectivity index (χ4n) is 5.09. The van der Waals surface area contributed by atoms with Crippen LogP contribution in [0.25, 0.3) is 6.08 Å². The normalized spacial score (nSPS) is 18.8. The Bertz CT molecular complexity index is 1400. The Morgan fingerprint density at radius 3 is 2.60 bits per heavy atom. The lowest BCUT2D eigenvalue weighted by Gasteiger charge is -2.24. The number of Topliss-reactive ketones (excluding diaryl/α,β-unsaturated/α-hetero) is 1. The van der Waals surface area contributed by atoms with Crippen LogP contribution < -0.4 is 20.5 Å². The van der Waals surface area contributed by atoms with Gasteiger partial charge in [-0.1, -0.05) is 18.2 Å². The highest BCUT2D eigenvalue weighted by Gasteiger charge is 2.32. The fraction of sp³-hybridized carbons (Fsp3) is 0.419. The van der Waals surface area contributed by atoms with Gasteiger partial charge in [0.1, 0.15) is 28.9 Å². The van der Waals surface area contributed by atoms with Crippen LogP contribution in [0.5, 0.6) is 23.0 Å². The fourth-order valence-corrected chi connectivity index (χ4v) is 5.09. The molecule has 0 bridgehead atoms. The third kappa shape index (κ3) is 7.20. The molecule has 4 rings (SSSR count). The highest BCUT2D eigenvalue weighted by Crippen LogP contribution is 2.46. The van der Waals surface area contributed by atoms with Gasteiger partial charge in [-0.3, -0.25) is 14.4 Å². The zero-order chi connectivity index (χ0) is 30.4. The number of ketones is 1. The maximum atomic E-state index is 13.5. The van der Waals surface area contributed by atoms with E-state index < -0.39 is 41.6 Å². The lowest BCUT2D eigenvalue weighted by atomic mass is 9.84. The van der Waals surface area contributed by atoms with Gasteiger partial charge >= 0.3 is 5.97 Å². The number of amides is 2. The number of phenolic OH excluding ortho intramolecular Hbond substituents is 2. The largest absolute Gasteiger partial charge is 0.507 e. The zero-order valence-electron chi connectivity index (χ0n) is 23.7. The summed E-state index contributed by atoms with van der Waals surface area (Å²) in [6.45, 7) is 3.16. The van der Waals surface area contributed by atoms with Crippen molar-refractivity contribution >= 4 is 29.6 Å². The number of hydrogen-bond donors (Lipinski definition) is 4. The maximum absolute atomic E-state index is 13.5. The molecule has 0 spiro atoms. The average molecular weight is 581 g/mol. The molecule has 0 radical (unpaired) electrons. The SMILES string of the molecule is C[C@H](NC(=O)CC(c1ccc2c(c1)OCO2)c1c(O)cc2c(c1O)C(=O)O[C@@H](C)CCCC(=O)CCCC=C2)C(N)=O. The van der Waals surface area contributed by atoms with E-state index in [1.165, 1.54) is 13.0 Å². The minimum absolute atomic E-state index is 0.0138. The van der Waals surface area contributed by atoms with Crippen molar-refractivity contribution < 1.29 is 43.6 Å². The van der Waals surface area contributed by atoms with E-state index in [-0.39, 0.29) is 41.4 Å². The van der Waals surface area contributed by atoms with Gasteiger partial charge in [0, 0.05) is 30.7 Å². The molecule has 2 heterocycles. The smallest absolute Gasteiger partial charge is 0.342 e. The van der Waals surface area contributed by atoms with Gasteiger partial charge in [0.25, 0.3) is 0 Å². The van der Waals surface area contributed by atoms with Crippen molar-refractivity contribution in [2.24, 2.45) is 5.73 Å². The van der Waals surface area contributed by atoms with Gasteiger partial charge in [-0.15, -0.1) is 0 Å². The van der Waals surface area contributed by atoms with Crippen LogP contribution in [0.4, 0.5) is 0 Å². The summed E-state index contributed by atoms with van der Waals surface area (Å²) >= 11 is 0. The molecule has 5 N–H and O–H groups in total. The molecule has 1 unspecified atom stereocenters. The molecule has 0 saturated heterocycles. The summed E-state index contributed by atoms with van der Waals surface area (Å²) < 4.78 is 16.5. The van der Waals surface area contributed by atoms with Crippen LogP contribution in [-0.2, 0) is 19.1 Å². The van der Waals surface area contributed by atoms with Crippen molar-refractivity contribution in [1.29, 1.82) is 0 Å². The molecule has 11 nitrogen and oxygen atoms in total. The minimum Gasteiger partial charge on any atom is -0.507 e. The van der Waals surface area contributed by atoms with Crippen LogP contribution >= 0.6 is 0 Å². The van der Waals surface area contributed by atoms with E-state index in [0.29, 0.717) is 55.6 Å². The molecule has 2 aromatic rings. The quantitative estimate of drug-likeness (QED) is 0.370. The number of phenols is 2. The standard InChI is InChI=1S/C31H36N2O9/c1-17-7-6-10-21(34)9-5-3-4-8-20-13-23(35)28(29(37)27(20)31(39)42-17)22(15-26(36)33-18(2)30(32)38)19-11-12-24-25(14-19)41-16-40-24/h4,8,11-14,17-18,22,35,37H,3,5-7,9-10,15-16H2,1-2H3,(H2,32,38)(H,33,36)/t17-,18-,22?/m0/s1. The van der Waals surface area contributed by atoms with Crippen LogP contribution in [0.2, 0.25) is 0 Å². The maximum Gasteiger partial charge on any atom is 0.342 e. The number of primary amides is 1. The Labute approximate surface area is 243 Å². The average Bonchev–Trinajstić information content (AvgIpc) is 3.39. The Balaban J connectivity index is 1.81. The highest BCUT2D eigenvalue weighted by atomic mass is 16.7. The molecule has 3 atom stereocenters. The predicted octanol–water partition coefficient (Wildman–Crippen LogP) is 3.82. The van der Waals surface area contributed by atoms with Crippen LogP contribution in [0.3, 0.4) is 0 Å². The third-order valence-electron chi connectivity index (χ3n) is 7.39. The molecule has 0 aliphatic carbocycles. The van der Waals surface area contributed by atoms with Gasteiger partial charge in [0.05, 0.1) is 6.10 Å². The van der Waals surface area contributed by atoms with E-state index >= 15 is 0 Å². The summed E-state index contributed by atoms with van der Waals surface area (Å²) in [5.41, 5.74) is 5.79. The molecule has 42 heavy (non-hydrogen) atoms. The van der Waals surface area contributed by atoms with Gasteiger partial charge in [0.15, 0.2) is 11.5 Å². The Kier molecular flexibility index (Phi) is 9.72. The molecule has 0 saturated carbocycles. The first kappa shape index (κ1) is 30.4. The summed E-state index contributed by atoms with van der Waals surface area (Å²) in [6.07, 6.45) is 5.57. The summed E-state index contributed by atoms with van der Waals surface area (Å²) in [5.74, 6) is -2.91. The lowest BCUT2D eigenvalue weighted by Crippen LogP contribution is -2.42. The van der Waals surface area contributed by atoms with Crippen molar-refractivity contribution in [3.05, 3.63) is 52.6 Å². The van der Waals surface area contributed by atoms with Gasteiger partial charge in [0.2, 0.25) is 18.6 Å². The number of ether oxygens (including phenoxy) is 3. The summed E-state index contributed by atoms with van der Waals surface area (Å²) in [7, 11) is 0. The number of rotatable bonds is 6. The summed E-state index contributed by atoms with van der Waals surface area (Å²) in [4.78, 5) is 50.2. The van der Waals surface area contributed by atoms with E-state index in [1.54, 1.807) is 37.3 Å². The van der Waals surface area contributed by atoms with Crippen molar-refractivity contribution in [3.63, 3.8) is 0 Å². The number of hydrogen-bond acceptors (Lipinski definition) is 9. The molecule has 0 aromatic heterocycles. The molecule has 2 aliphatic heterocycles. The zero-order valence-corrected chi connectivity index (χ0v) is 23.7. The summed E-state index contributed by atoms with van der Waals surface area (Å²) in [6, 6.07) is 5.32. The second-order valence-electron chi connectivity index (χ2n) is 10.6. The number of carbonyl (C=O) groups excluding carboxylic acids is 4. The molecule has 2 amide bonds. The van der Waals surface area contributed by atoms with Crippen molar-refractivity contribution in [3.8, 4) is 23.0 Å². The number of allylic oxidation sites excluding steroid dienone is 1. The number of fused-ring (bicyclic) bond motifs is 2. The van der Waals surface area contributed by atoms with Gasteiger partial charge in [-0.05, 0) is 68.9 Å². The van der Waals surface area contributed by atoms with Gasteiger partial charge in [-0.2, -0.15) is 0 Å². The van der Waals surface area contributed by atoms with Crippen LogP contribution in [0.15, 0.2) is 30.3 Å². The van der Waals surface area contributed by atoms with Crippen molar-refractivity contribution in [2.75, 3.05) is 6.79 Å². The topological polar surface area (TPSA) is 174 Å². The number of aromatic hydroxyl groups is 2. The Morgan fingerprint density at radius 1 is 1.10 bits per heavy atom. The summed E-state index contributed by atoms with van der Waals surface area (Å²) in [5, 5.41) is 25.4. The van der Waals surface area contributed by atoms with Gasteiger partial charge in [-0.25, -0.2) is 4.79 Å². The van der Waals surface area contributed by atoms with Crippen LogP contribution in [0.1, 0.15) is 91.8 Å². The first-order valence-corrected chi connectivity index (χ1v) is 14.0. The molecular weight excluding hydrogens is 544 g/mol. The van der Waals surface area contributed by atoms with E-state index in [0.717, 1.165) is 0 Å². The van der Waals surface area contributed by atoms with E-state index in [2.05, 4.69) is 5.32 Å². The number of nitrogens with two attached hydrogens (primary N) is 1. The number of benzene rings is 2. The first-order valence-electron chi connectivity index (χ1n) is 14.0. The Hall–Kier alpha value is -4.54. The van der Waals surface area contributed by atoms with Crippen molar-refractivity contribution in [1.82, 2.24) is 5.32 Å². The van der Waals surface area contributed by atoms with Crippen molar-refractivity contribution in [2.45, 2.75) is 76.9 Å². The second-order valence-corrected chi connectivity index (χ2v) is 10.6. The van der Waals surface area contributed by atoms with E-state index in [4.69, 9.17) is 19.9 Å². The molecule has 2 aliphatic rings. The minimum atomic E-state index is -0.974. The molecule has 224 valence electrons. The molecule has 11 heteroatoms. The van der Waals surface area contributed by atoms with Crippen LogP contribution in [-0.4, -0.2) is 52.7 Å². The molecule has 0 fully saturated rings. The number of nitrogens with one attached hydrogen (secondary N) is 1. The predicted molar refractivity (Wildman–Crippen MR) is 152 cm³/mol. The van der Waals surface area contributed by atoms with E-state index in [9.17, 15) is 29.4 Å². The first-order chi connectivity index (χ1) is 20.0. The Morgan fingerprint density at radius 2 is 1.83 bits per heavy atom. The monoisotopic (exact) mass is 580 g/mol. The van der Waals surface area contributed by atoms with E-state index in [1.807, 2.05) is 0 Å². The second kappa shape index (κ2) is 13.4.